The van der Waals surface area contributed by atoms with E-state index in [1.165, 1.54) is 4.57 Å². The third-order valence-electron chi connectivity index (χ3n) is 4.46. The van der Waals surface area contributed by atoms with Crippen LogP contribution < -0.4 is 5.56 Å². The van der Waals surface area contributed by atoms with Gasteiger partial charge in [-0.05, 0) is 12.3 Å². The summed E-state index contributed by atoms with van der Waals surface area (Å²) in [6, 6.07) is -0.897. The van der Waals surface area contributed by atoms with Crippen LogP contribution in [0.4, 0.5) is 4.39 Å². The summed E-state index contributed by atoms with van der Waals surface area (Å²) in [4.78, 5) is 30.9. The van der Waals surface area contributed by atoms with Gasteiger partial charge in [0.05, 0.1) is 5.69 Å². The molecule has 2 rings (SSSR count). The van der Waals surface area contributed by atoms with Gasteiger partial charge >= 0.3 is 5.97 Å². The minimum absolute atomic E-state index is 0.0913. The lowest BCUT2D eigenvalue weighted by molar-refractivity contribution is -0.141. The number of rotatable bonds is 8. The van der Waals surface area contributed by atoms with Crippen molar-refractivity contribution < 1.29 is 14.3 Å². The van der Waals surface area contributed by atoms with E-state index in [0.717, 1.165) is 0 Å². The SMILES string of the molecule is CC(C)C[C@@H](C(=O)O)n1cc(CCN2CC(F)C2)nc(C(C)C)c1=O. The predicted octanol–water partition coefficient (Wildman–Crippen LogP) is 2.23. The van der Waals surface area contributed by atoms with Gasteiger partial charge in [-0.2, -0.15) is 0 Å². The molecule has 1 N–H and O–H groups in total. The molecule has 0 spiro atoms. The average molecular weight is 353 g/mol. The second-order valence-electron chi connectivity index (χ2n) is 7.58. The first-order valence-corrected chi connectivity index (χ1v) is 8.90. The molecule has 0 aromatic carbocycles. The Labute approximate surface area is 147 Å². The number of hydrogen-bond donors (Lipinski definition) is 1. The molecule has 0 saturated carbocycles. The topological polar surface area (TPSA) is 75.4 Å². The molecule has 1 fully saturated rings. The summed E-state index contributed by atoms with van der Waals surface area (Å²) in [6.07, 6.45) is 1.77. The molecule has 0 bridgehead atoms. The molecule has 1 aromatic rings. The number of alkyl halides is 1. The van der Waals surface area contributed by atoms with E-state index >= 15 is 0 Å². The van der Waals surface area contributed by atoms with Crippen LogP contribution in [0.2, 0.25) is 0 Å². The Balaban J connectivity index is 2.32. The van der Waals surface area contributed by atoms with E-state index in [0.29, 0.717) is 43.9 Å². The number of carboxylic acids is 1. The summed E-state index contributed by atoms with van der Waals surface area (Å²) in [5, 5.41) is 9.58. The molecule has 1 aromatic heterocycles. The molecular weight excluding hydrogens is 325 g/mol. The lowest BCUT2D eigenvalue weighted by Crippen LogP contribution is -2.49. The smallest absolute Gasteiger partial charge is 0.326 e. The second kappa shape index (κ2) is 8.08. The molecule has 0 unspecified atom stereocenters. The van der Waals surface area contributed by atoms with Crippen molar-refractivity contribution >= 4 is 5.97 Å². The monoisotopic (exact) mass is 353 g/mol. The van der Waals surface area contributed by atoms with E-state index in [2.05, 4.69) is 4.98 Å². The molecule has 0 aliphatic carbocycles. The van der Waals surface area contributed by atoms with Gasteiger partial charge in [-0.3, -0.25) is 19.2 Å². The lowest BCUT2D eigenvalue weighted by atomic mass is 10.0. The number of carboxylic acid groups (broad SMARTS) is 1. The Kier molecular flexibility index (Phi) is 6.32. The maximum absolute atomic E-state index is 12.9. The molecule has 25 heavy (non-hydrogen) atoms. The van der Waals surface area contributed by atoms with Crippen molar-refractivity contribution in [3.05, 3.63) is 27.9 Å². The molecule has 6 nitrogen and oxygen atoms in total. The molecule has 7 heteroatoms. The summed E-state index contributed by atoms with van der Waals surface area (Å²) in [6.45, 7) is 9.14. The standard InChI is InChI=1S/C18H28FN3O3/c1-11(2)7-15(18(24)25)22-10-14(5-6-21-8-13(19)9-21)20-16(12(3)4)17(22)23/h10-13,15H,5-9H2,1-4H3,(H,24,25)/t15-/m0/s1. The first kappa shape index (κ1) is 19.6. The van der Waals surface area contributed by atoms with Crippen molar-refractivity contribution in [3.63, 3.8) is 0 Å². The number of carbonyl (C=O) groups is 1. The Morgan fingerprint density at radius 1 is 1.36 bits per heavy atom. The molecule has 0 amide bonds. The van der Waals surface area contributed by atoms with Gasteiger partial charge in [0, 0.05) is 38.2 Å². The molecular formula is C18H28FN3O3. The zero-order valence-corrected chi connectivity index (χ0v) is 15.4. The average Bonchev–Trinajstić information content (AvgIpc) is 2.48. The maximum atomic E-state index is 12.9. The van der Waals surface area contributed by atoms with Crippen LogP contribution in [0.15, 0.2) is 11.0 Å². The van der Waals surface area contributed by atoms with Gasteiger partial charge in [-0.1, -0.05) is 27.7 Å². The normalized spacial score (nSPS) is 17.1. The molecule has 1 atom stereocenters. The minimum Gasteiger partial charge on any atom is -0.480 e. The summed E-state index contributed by atoms with van der Waals surface area (Å²) in [5.74, 6) is -0.952. The molecule has 140 valence electrons. The third-order valence-corrected chi connectivity index (χ3v) is 4.46. The highest BCUT2D eigenvalue weighted by Crippen LogP contribution is 2.19. The number of halogens is 1. The van der Waals surface area contributed by atoms with Crippen LogP contribution in [0.5, 0.6) is 0 Å². The van der Waals surface area contributed by atoms with Gasteiger partial charge in [0.1, 0.15) is 17.9 Å². The molecule has 1 aliphatic heterocycles. The van der Waals surface area contributed by atoms with E-state index in [-0.39, 0.29) is 17.4 Å². The number of likely N-dealkylation sites (tertiary alicyclic amines) is 1. The highest BCUT2D eigenvalue weighted by Gasteiger charge is 2.27. The zero-order chi connectivity index (χ0) is 18.7. The van der Waals surface area contributed by atoms with Crippen LogP contribution in [0.1, 0.15) is 57.5 Å². The number of aromatic nitrogens is 2. The fraction of sp³-hybridized carbons (Fsp3) is 0.722. The van der Waals surface area contributed by atoms with Gasteiger partial charge in [-0.15, -0.1) is 0 Å². The van der Waals surface area contributed by atoms with Crippen molar-refractivity contribution in [2.75, 3.05) is 19.6 Å². The zero-order valence-electron chi connectivity index (χ0n) is 15.4. The van der Waals surface area contributed by atoms with Gasteiger partial charge in [0.15, 0.2) is 0 Å². The summed E-state index contributed by atoms with van der Waals surface area (Å²) >= 11 is 0. The third kappa shape index (κ3) is 4.87. The first-order chi connectivity index (χ1) is 11.7. The second-order valence-corrected chi connectivity index (χ2v) is 7.58. The number of hydrogen-bond acceptors (Lipinski definition) is 4. The van der Waals surface area contributed by atoms with Crippen LogP contribution in [0, 0.1) is 5.92 Å². The van der Waals surface area contributed by atoms with Crippen LogP contribution in [0.25, 0.3) is 0 Å². The van der Waals surface area contributed by atoms with E-state index < -0.39 is 18.2 Å². The fourth-order valence-electron chi connectivity index (χ4n) is 3.05. The minimum atomic E-state index is -1.01. The Hall–Kier alpha value is -1.76. The van der Waals surface area contributed by atoms with Crippen molar-refractivity contribution in [1.29, 1.82) is 0 Å². The maximum Gasteiger partial charge on any atom is 0.326 e. The summed E-state index contributed by atoms with van der Waals surface area (Å²) < 4.78 is 14.3. The highest BCUT2D eigenvalue weighted by atomic mass is 19.1. The van der Waals surface area contributed by atoms with Gasteiger partial charge in [-0.25, -0.2) is 9.18 Å². The van der Waals surface area contributed by atoms with Gasteiger partial charge in [0.25, 0.3) is 5.56 Å². The molecule has 1 saturated heterocycles. The largest absolute Gasteiger partial charge is 0.480 e. The van der Waals surface area contributed by atoms with E-state index in [4.69, 9.17) is 0 Å². The van der Waals surface area contributed by atoms with Crippen LogP contribution in [-0.2, 0) is 11.2 Å². The quantitative estimate of drug-likeness (QED) is 0.776. The van der Waals surface area contributed by atoms with Crippen molar-refractivity contribution in [1.82, 2.24) is 14.5 Å². The van der Waals surface area contributed by atoms with Crippen molar-refractivity contribution in [2.24, 2.45) is 5.92 Å². The van der Waals surface area contributed by atoms with Gasteiger partial charge in [0.2, 0.25) is 0 Å². The van der Waals surface area contributed by atoms with Crippen molar-refractivity contribution in [3.8, 4) is 0 Å². The van der Waals surface area contributed by atoms with Crippen LogP contribution in [0.3, 0.4) is 0 Å². The van der Waals surface area contributed by atoms with E-state index in [1.807, 2.05) is 32.6 Å². The highest BCUT2D eigenvalue weighted by molar-refractivity contribution is 5.71. The first-order valence-electron chi connectivity index (χ1n) is 8.90. The molecule has 0 radical (unpaired) electrons. The Bertz CT molecular complexity index is 666. The Morgan fingerprint density at radius 3 is 2.48 bits per heavy atom. The summed E-state index contributed by atoms with van der Waals surface area (Å²) in [7, 11) is 0. The molecule has 2 heterocycles. The Morgan fingerprint density at radius 2 is 2.00 bits per heavy atom. The van der Waals surface area contributed by atoms with Crippen LogP contribution in [-0.4, -0.2) is 51.3 Å². The number of aliphatic carboxylic acids is 1. The van der Waals surface area contributed by atoms with E-state index in [9.17, 15) is 19.1 Å². The summed E-state index contributed by atoms with van der Waals surface area (Å²) in [5.41, 5.74) is 0.736. The number of nitrogens with zero attached hydrogens (tertiary/aromatic N) is 3. The predicted molar refractivity (Wildman–Crippen MR) is 93.8 cm³/mol. The van der Waals surface area contributed by atoms with E-state index in [1.54, 1.807) is 6.20 Å². The van der Waals surface area contributed by atoms with Gasteiger partial charge < -0.3 is 5.11 Å². The lowest BCUT2D eigenvalue weighted by Gasteiger charge is -2.34. The van der Waals surface area contributed by atoms with Crippen LogP contribution >= 0.6 is 0 Å². The van der Waals surface area contributed by atoms with Crippen molar-refractivity contribution in [2.45, 2.75) is 58.7 Å². The fourth-order valence-corrected chi connectivity index (χ4v) is 3.05. The molecule has 1 aliphatic rings.